The Kier molecular flexibility index (Phi) is 8.93. The number of nitrogens with two attached hydrogens (primary N) is 1. The lowest BCUT2D eigenvalue weighted by Gasteiger charge is -2.29. The highest BCUT2D eigenvalue weighted by molar-refractivity contribution is 5.96. The van der Waals surface area contributed by atoms with Gasteiger partial charge in [-0.25, -0.2) is 22.9 Å². The van der Waals surface area contributed by atoms with Crippen molar-refractivity contribution < 1.29 is 45.8 Å². The zero-order valence-corrected chi connectivity index (χ0v) is 21.0. The summed E-state index contributed by atoms with van der Waals surface area (Å²) >= 11 is 0. The second-order valence-electron chi connectivity index (χ2n) is 9.71. The highest BCUT2D eigenvalue weighted by Crippen LogP contribution is 2.33. The molecule has 0 bridgehead atoms. The molecule has 2 amide bonds. The van der Waals surface area contributed by atoms with Gasteiger partial charge >= 0.3 is 12.1 Å². The van der Waals surface area contributed by atoms with E-state index in [1.807, 2.05) is 0 Å². The van der Waals surface area contributed by atoms with Gasteiger partial charge in [-0.1, -0.05) is 13.8 Å². The number of hydrogen-bond acceptors (Lipinski definition) is 5. The molecule has 15 heteroatoms. The zero-order chi connectivity index (χ0) is 29.2. The number of aromatic nitrogens is 2. The number of rotatable bonds is 9. The summed E-state index contributed by atoms with van der Waals surface area (Å²) in [6, 6.07) is -1.45. The second kappa shape index (κ2) is 11.6. The summed E-state index contributed by atoms with van der Waals surface area (Å²) in [5.41, 5.74) is 3.28. The van der Waals surface area contributed by atoms with Gasteiger partial charge in [0.1, 0.15) is 23.4 Å². The molecule has 1 aliphatic rings. The van der Waals surface area contributed by atoms with Crippen molar-refractivity contribution in [1.82, 2.24) is 19.8 Å². The first-order chi connectivity index (χ1) is 18.1. The maximum absolute atomic E-state index is 13.9. The molecule has 214 valence electrons. The van der Waals surface area contributed by atoms with Crippen molar-refractivity contribution in [3.05, 3.63) is 52.4 Å². The van der Waals surface area contributed by atoms with Crippen molar-refractivity contribution in [2.45, 2.75) is 64.5 Å². The molecule has 0 aliphatic carbocycles. The Morgan fingerprint density at radius 1 is 1.10 bits per heavy atom. The normalized spacial score (nSPS) is 15.2. The van der Waals surface area contributed by atoms with Gasteiger partial charge in [0, 0.05) is 31.6 Å². The highest BCUT2D eigenvalue weighted by Gasteiger charge is 2.43. The number of carbonyl (C=O) groups excluding carboxylic acids is 2. The second-order valence-corrected chi connectivity index (χ2v) is 9.71. The van der Waals surface area contributed by atoms with Gasteiger partial charge in [-0.15, -0.1) is 0 Å². The van der Waals surface area contributed by atoms with E-state index in [0.29, 0.717) is 12.1 Å². The lowest BCUT2D eigenvalue weighted by Crippen LogP contribution is -2.44. The number of carboxylic acid groups (broad SMARTS) is 1. The monoisotopic (exact) mass is 563 g/mol. The minimum absolute atomic E-state index is 0.0135. The van der Waals surface area contributed by atoms with Gasteiger partial charge in [-0.2, -0.15) is 13.2 Å². The Morgan fingerprint density at radius 3 is 2.33 bits per heavy atom. The Bertz CT molecular complexity index is 1260. The van der Waals surface area contributed by atoms with E-state index in [9.17, 15) is 45.8 Å². The van der Waals surface area contributed by atoms with Crippen LogP contribution in [-0.2, 0) is 35.3 Å². The summed E-state index contributed by atoms with van der Waals surface area (Å²) in [4.78, 5) is 41.8. The van der Waals surface area contributed by atoms with Gasteiger partial charge < -0.3 is 25.6 Å². The van der Waals surface area contributed by atoms with Crippen LogP contribution < -0.4 is 11.1 Å². The van der Waals surface area contributed by atoms with Crippen molar-refractivity contribution in [1.29, 1.82) is 0 Å². The molecule has 1 aromatic carbocycles. The summed E-state index contributed by atoms with van der Waals surface area (Å²) in [5.74, 6) is -7.39. The zero-order valence-electron chi connectivity index (χ0n) is 21.0. The van der Waals surface area contributed by atoms with Gasteiger partial charge in [-0.3, -0.25) is 9.59 Å². The summed E-state index contributed by atoms with van der Waals surface area (Å²) in [7, 11) is 0. The van der Waals surface area contributed by atoms with Gasteiger partial charge in [0.05, 0.1) is 6.54 Å². The van der Waals surface area contributed by atoms with Crippen LogP contribution in [0.2, 0.25) is 0 Å². The molecule has 2 heterocycles. The molecule has 0 saturated heterocycles. The molecule has 1 aromatic heterocycles. The number of amides is 2. The summed E-state index contributed by atoms with van der Waals surface area (Å²) in [6.45, 7) is 2.60. The van der Waals surface area contributed by atoms with E-state index >= 15 is 0 Å². The first-order valence-electron chi connectivity index (χ1n) is 12.0. The molecule has 2 aromatic rings. The third-order valence-electron chi connectivity index (χ3n) is 6.13. The van der Waals surface area contributed by atoms with Crippen LogP contribution >= 0.6 is 0 Å². The van der Waals surface area contributed by atoms with Crippen LogP contribution in [0.1, 0.15) is 54.3 Å². The SMILES string of the molecule is CC(C)CC(NC(=O)c1c(C(F)(F)F)nc2n1CCN(C(=O)CC(N)Cc1cc(F)c(F)cc1F)C2)C(=O)O. The van der Waals surface area contributed by atoms with E-state index in [1.165, 1.54) is 0 Å². The third kappa shape index (κ3) is 7.07. The van der Waals surface area contributed by atoms with Gasteiger partial charge in [0.15, 0.2) is 17.3 Å². The van der Waals surface area contributed by atoms with Crippen LogP contribution in [-0.4, -0.2) is 56.0 Å². The standard InChI is InChI=1S/C24H27F6N5O4/c1-11(2)5-17(23(38)39)32-22(37)20-21(24(28,29)30)33-18-10-34(3-4-35(18)20)19(36)8-13(31)6-12-7-15(26)16(27)9-14(12)25/h7,9,11,13,17H,3-6,8,10,31H2,1-2H3,(H,32,37)(H,38,39). The molecule has 3 rings (SSSR count). The summed E-state index contributed by atoms with van der Waals surface area (Å²) in [6.07, 6.45) is -5.74. The molecule has 39 heavy (non-hydrogen) atoms. The van der Waals surface area contributed by atoms with Gasteiger partial charge in [0.2, 0.25) is 5.91 Å². The third-order valence-corrected chi connectivity index (χ3v) is 6.13. The largest absolute Gasteiger partial charge is 0.480 e. The lowest BCUT2D eigenvalue weighted by atomic mass is 10.0. The number of carbonyl (C=O) groups is 3. The van der Waals surface area contributed by atoms with Crippen molar-refractivity contribution in [2.75, 3.05) is 6.54 Å². The Labute approximate surface area is 219 Å². The highest BCUT2D eigenvalue weighted by atomic mass is 19.4. The summed E-state index contributed by atoms with van der Waals surface area (Å²) in [5, 5.41) is 11.5. The smallest absolute Gasteiger partial charge is 0.435 e. The Hall–Kier alpha value is -3.62. The predicted molar refractivity (Wildman–Crippen MR) is 124 cm³/mol. The van der Waals surface area contributed by atoms with Crippen molar-refractivity contribution in [2.24, 2.45) is 11.7 Å². The van der Waals surface area contributed by atoms with Crippen LogP contribution in [0.4, 0.5) is 26.3 Å². The van der Waals surface area contributed by atoms with Crippen molar-refractivity contribution in [3.63, 3.8) is 0 Å². The molecule has 4 N–H and O–H groups in total. The average molecular weight is 563 g/mol. The molecule has 1 aliphatic heterocycles. The molecule has 2 unspecified atom stereocenters. The number of benzene rings is 1. The van der Waals surface area contributed by atoms with Gasteiger partial charge in [-0.05, 0) is 30.4 Å². The van der Waals surface area contributed by atoms with Crippen LogP contribution in [0, 0.1) is 23.4 Å². The quantitative estimate of drug-likeness (QED) is 0.318. The van der Waals surface area contributed by atoms with Crippen molar-refractivity contribution >= 4 is 17.8 Å². The van der Waals surface area contributed by atoms with Crippen LogP contribution in [0.5, 0.6) is 0 Å². The number of hydrogen-bond donors (Lipinski definition) is 3. The Morgan fingerprint density at radius 2 is 1.74 bits per heavy atom. The van der Waals surface area contributed by atoms with Crippen LogP contribution in [0.15, 0.2) is 12.1 Å². The van der Waals surface area contributed by atoms with Crippen molar-refractivity contribution in [3.8, 4) is 0 Å². The fourth-order valence-electron chi connectivity index (χ4n) is 4.32. The number of nitrogens with one attached hydrogen (secondary N) is 1. The average Bonchev–Trinajstić information content (AvgIpc) is 3.21. The predicted octanol–water partition coefficient (Wildman–Crippen LogP) is 2.85. The lowest BCUT2D eigenvalue weighted by molar-refractivity contribution is -0.141. The number of aliphatic carboxylic acids is 1. The number of imidazole rings is 1. The maximum atomic E-state index is 13.9. The molecule has 9 nitrogen and oxygen atoms in total. The minimum atomic E-state index is -5.04. The van der Waals surface area contributed by atoms with E-state index in [1.54, 1.807) is 13.8 Å². The fraction of sp³-hybridized carbons (Fsp3) is 0.500. The Balaban J connectivity index is 1.77. The fourth-order valence-corrected chi connectivity index (χ4v) is 4.32. The molecule has 2 atom stereocenters. The van der Waals surface area contributed by atoms with Crippen LogP contribution in [0.3, 0.4) is 0 Å². The maximum Gasteiger partial charge on any atom is 0.435 e. The van der Waals surface area contributed by atoms with E-state index < -0.39 is 71.4 Å². The topological polar surface area (TPSA) is 131 Å². The molecule has 0 saturated carbocycles. The molecule has 0 spiro atoms. The minimum Gasteiger partial charge on any atom is -0.480 e. The van der Waals surface area contributed by atoms with E-state index in [0.717, 1.165) is 9.47 Å². The summed E-state index contributed by atoms with van der Waals surface area (Å²) < 4.78 is 82.8. The van der Waals surface area contributed by atoms with E-state index in [4.69, 9.17) is 5.73 Å². The molecule has 0 radical (unpaired) electrons. The van der Waals surface area contributed by atoms with Crippen LogP contribution in [0.25, 0.3) is 0 Å². The first kappa shape index (κ1) is 29.9. The van der Waals surface area contributed by atoms with Gasteiger partial charge in [0.25, 0.3) is 5.91 Å². The number of halogens is 6. The molecular formula is C24H27F6N5O4. The van der Waals surface area contributed by atoms with E-state index in [2.05, 4.69) is 10.3 Å². The molecular weight excluding hydrogens is 536 g/mol. The number of nitrogens with zero attached hydrogens (tertiary/aromatic N) is 3. The van der Waals surface area contributed by atoms with E-state index in [-0.39, 0.29) is 49.7 Å². The number of alkyl halides is 3. The molecule has 0 fully saturated rings. The number of carboxylic acids is 1. The number of fused-ring (bicyclic) bond motifs is 1. The first-order valence-corrected chi connectivity index (χ1v) is 12.0.